The number of halogens is 3. The van der Waals surface area contributed by atoms with Gasteiger partial charge in [-0.05, 0) is 29.3 Å². The molecule has 0 heterocycles. The number of benzene rings is 2. The van der Waals surface area contributed by atoms with Crippen molar-refractivity contribution in [1.82, 2.24) is 0 Å². The second-order valence-electron chi connectivity index (χ2n) is 3.78. The summed E-state index contributed by atoms with van der Waals surface area (Å²) in [5.41, 5.74) is 2.05. The Morgan fingerprint density at radius 3 is 2.39 bits per heavy atom. The van der Waals surface area contributed by atoms with E-state index in [2.05, 4.69) is 15.9 Å². The lowest BCUT2D eigenvalue weighted by Gasteiger charge is -2.13. The molecular formula is C14H11BrCl2O. The third kappa shape index (κ3) is 2.82. The zero-order valence-electron chi connectivity index (χ0n) is 9.66. The summed E-state index contributed by atoms with van der Waals surface area (Å²) in [5, 5.41) is 1.32. The van der Waals surface area contributed by atoms with Crippen molar-refractivity contribution < 1.29 is 4.74 Å². The second-order valence-corrected chi connectivity index (χ2v) is 5.51. The molecule has 0 saturated carbocycles. The molecule has 0 saturated heterocycles. The van der Waals surface area contributed by atoms with Crippen LogP contribution in [0.3, 0.4) is 0 Å². The molecule has 4 heteroatoms. The van der Waals surface area contributed by atoms with Crippen LogP contribution in [0.15, 0.2) is 42.5 Å². The number of rotatable bonds is 3. The number of ether oxygens (including phenoxy) is 1. The van der Waals surface area contributed by atoms with Crippen LogP contribution in [0.25, 0.3) is 0 Å². The first-order chi connectivity index (χ1) is 8.63. The lowest BCUT2D eigenvalue weighted by molar-refractivity contribution is 0.415. The maximum atomic E-state index is 6.18. The van der Waals surface area contributed by atoms with Crippen LogP contribution in [0.2, 0.25) is 10.0 Å². The second kappa shape index (κ2) is 5.96. The summed E-state index contributed by atoms with van der Waals surface area (Å²) in [4.78, 5) is 0.00889. The maximum Gasteiger partial charge on any atom is 0.137 e. The summed E-state index contributed by atoms with van der Waals surface area (Å²) in [5.74, 6) is 0.666. The first kappa shape index (κ1) is 13.7. The van der Waals surface area contributed by atoms with Gasteiger partial charge >= 0.3 is 0 Å². The zero-order valence-corrected chi connectivity index (χ0v) is 12.8. The van der Waals surface area contributed by atoms with E-state index >= 15 is 0 Å². The van der Waals surface area contributed by atoms with Crippen molar-refractivity contribution in [3.8, 4) is 5.75 Å². The van der Waals surface area contributed by atoms with E-state index in [0.717, 1.165) is 16.1 Å². The van der Waals surface area contributed by atoms with Gasteiger partial charge in [-0.3, -0.25) is 0 Å². The van der Waals surface area contributed by atoms with Crippen molar-refractivity contribution in [2.75, 3.05) is 7.11 Å². The lowest BCUT2D eigenvalue weighted by atomic mass is 10.0. The highest BCUT2D eigenvalue weighted by molar-refractivity contribution is 9.09. The van der Waals surface area contributed by atoms with E-state index in [0.29, 0.717) is 10.8 Å². The summed E-state index contributed by atoms with van der Waals surface area (Å²) in [6.07, 6.45) is 0. The summed E-state index contributed by atoms with van der Waals surface area (Å²) in [7, 11) is 1.60. The minimum absolute atomic E-state index is 0.00889. The van der Waals surface area contributed by atoms with Crippen LogP contribution in [0.4, 0.5) is 0 Å². The van der Waals surface area contributed by atoms with Crippen LogP contribution in [0.1, 0.15) is 16.0 Å². The maximum absolute atomic E-state index is 6.18. The van der Waals surface area contributed by atoms with Gasteiger partial charge in [0, 0.05) is 5.02 Å². The van der Waals surface area contributed by atoms with Crippen LogP contribution < -0.4 is 4.74 Å². The standard InChI is InChI=1S/C14H11BrCl2O/c1-18-13-7-6-9(8-12(13)17)14(15)10-4-2-3-5-11(10)16/h2-8,14H,1H3. The van der Waals surface area contributed by atoms with Crippen molar-refractivity contribution in [2.45, 2.75) is 4.83 Å². The van der Waals surface area contributed by atoms with Crippen LogP contribution in [0.5, 0.6) is 5.75 Å². The van der Waals surface area contributed by atoms with Gasteiger partial charge in [0.25, 0.3) is 0 Å². The third-order valence-corrected chi connectivity index (χ3v) is 4.31. The minimum atomic E-state index is 0.00889. The van der Waals surface area contributed by atoms with Crippen molar-refractivity contribution in [3.63, 3.8) is 0 Å². The quantitative estimate of drug-likeness (QED) is 0.668. The molecule has 0 fully saturated rings. The molecule has 2 aromatic carbocycles. The molecule has 0 aromatic heterocycles. The van der Waals surface area contributed by atoms with Gasteiger partial charge in [0.1, 0.15) is 5.75 Å². The van der Waals surface area contributed by atoms with E-state index in [1.807, 2.05) is 42.5 Å². The Bertz CT molecular complexity index is 557. The molecule has 2 rings (SSSR count). The predicted molar refractivity (Wildman–Crippen MR) is 80.2 cm³/mol. The molecule has 0 N–H and O–H groups in total. The fourth-order valence-electron chi connectivity index (χ4n) is 1.70. The fraction of sp³-hybridized carbons (Fsp3) is 0.143. The SMILES string of the molecule is COc1ccc(C(Br)c2ccccc2Cl)cc1Cl. The van der Waals surface area contributed by atoms with Crippen LogP contribution in [-0.4, -0.2) is 7.11 Å². The van der Waals surface area contributed by atoms with Crippen LogP contribution in [-0.2, 0) is 0 Å². The molecule has 0 bridgehead atoms. The highest BCUT2D eigenvalue weighted by Crippen LogP contribution is 2.37. The molecule has 2 aromatic rings. The van der Waals surface area contributed by atoms with E-state index in [1.54, 1.807) is 7.11 Å². The first-order valence-electron chi connectivity index (χ1n) is 5.35. The molecule has 1 atom stereocenters. The molecule has 0 radical (unpaired) electrons. The van der Waals surface area contributed by atoms with Crippen molar-refractivity contribution in [1.29, 1.82) is 0 Å². The fourth-order valence-corrected chi connectivity index (χ4v) is 3.03. The normalized spacial score (nSPS) is 12.2. The van der Waals surface area contributed by atoms with E-state index in [-0.39, 0.29) is 4.83 Å². The lowest BCUT2D eigenvalue weighted by Crippen LogP contribution is -1.94. The number of methoxy groups -OCH3 is 1. The van der Waals surface area contributed by atoms with Gasteiger partial charge in [0.05, 0.1) is 17.0 Å². The smallest absolute Gasteiger partial charge is 0.137 e. The zero-order chi connectivity index (χ0) is 13.1. The monoisotopic (exact) mass is 344 g/mol. The van der Waals surface area contributed by atoms with E-state index < -0.39 is 0 Å². The molecule has 18 heavy (non-hydrogen) atoms. The Hall–Kier alpha value is -0.700. The molecule has 0 spiro atoms. The summed E-state index contributed by atoms with van der Waals surface area (Å²) >= 11 is 15.9. The number of hydrogen-bond acceptors (Lipinski definition) is 1. The first-order valence-corrected chi connectivity index (χ1v) is 7.02. The van der Waals surface area contributed by atoms with Gasteiger partial charge in [0.15, 0.2) is 0 Å². The van der Waals surface area contributed by atoms with E-state index in [1.165, 1.54) is 0 Å². The molecule has 1 nitrogen and oxygen atoms in total. The Morgan fingerprint density at radius 1 is 1.06 bits per heavy atom. The number of hydrogen-bond donors (Lipinski definition) is 0. The summed E-state index contributed by atoms with van der Waals surface area (Å²) in [6, 6.07) is 13.4. The Morgan fingerprint density at radius 2 is 1.78 bits per heavy atom. The Kier molecular flexibility index (Phi) is 4.55. The summed E-state index contributed by atoms with van der Waals surface area (Å²) < 4.78 is 5.14. The molecule has 94 valence electrons. The van der Waals surface area contributed by atoms with Gasteiger partial charge in [0.2, 0.25) is 0 Å². The topological polar surface area (TPSA) is 9.23 Å². The average molecular weight is 346 g/mol. The molecule has 0 aliphatic carbocycles. The van der Waals surface area contributed by atoms with Crippen LogP contribution >= 0.6 is 39.1 Å². The number of alkyl halides is 1. The molecular weight excluding hydrogens is 335 g/mol. The molecule has 0 aliphatic rings. The summed E-state index contributed by atoms with van der Waals surface area (Å²) in [6.45, 7) is 0. The van der Waals surface area contributed by atoms with Gasteiger partial charge in [-0.25, -0.2) is 0 Å². The third-order valence-electron chi connectivity index (χ3n) is 2.65. The molecule has 0 amide bonds. The van der Waals surface area contributed by atoms with Gasteiger partial charge in [-0.1, -0.05) is 63.4 Å². The predicted octanol–water partition coefficient (Wildman–Crippen LogP) is 5.49. The van der Waals surface area contributed by atoms with E-state index in [4.69, 9.17) is 27.9 Å². The highest BCUT2D eigenvalue weighted by Gasteiger charge is 2.14. The minimum Gasteiger partial charge on any atom is -0.495 e. The van der Waals surface area contributed by atoms with Gasteiger partial charge < -0.3 is 4.74 Å². The van der Waals surface area contributed by atoms with Crippen molar-refractivity contribution in [2.24, 2.45) is 0 Å². The van der Waals surface area contributed by atoms with Gasteiger partial charge in [-0.15, -0.1) is 0 Å². The largest absolute Gasteiger partial charge is 0.495 e. The van der Waals surface area contributed by atoms with Crippen LogP contribution in [0, 0.1) is 0 Å². The molecule has 0 aliphatic heterocycles. The van der Waals surface area contributed by atoms with Crippen molar-refractivity contribution >= 4 is 39.1 Å². The Balaban J connectivity index is 2.37. The average Bonchev–Trinajstić information content (AvgIpc) is 2.38. The molecule has 1 unspecified atom stereocenters. The Labute approximate surface area is 125 Å². The van der Waals surface area contributed by atoms with Gasteiger partial charge in [-0.2, -0.15) is 0 Å². The highest BCUT2D eigenvalue weighted by atomic mass is 79.9. The van der Waals surface area contributed by atoms with E-state index in [9.17, 15) is 0 Å². The van der Waals surface area contributed by atoms with Crippen molar-refractivity contribution in [3.05, 3.63) is 63.6 Å².